The van der Waals surface area contributed by atoms with Gasteiger partial charge in [0.25, 0.3) is 5.91 Å². The molecule has 8 heteroatoms. The molecule has 0 bridgehead atoms. The third kappa shape index (κ3) is 8.25. The van der Waals surface area contributed by atoms with Gasteiger partial charge in [0.1, 0.15) is 0 Å². The lowest BCUT2D eigenvalue weighted by atomic mass is 10.4. The van der Waals surface area contributed by atoms with Crippen molar-refractivity contribution in [2.24, 2.45) is 0 Å². The van der Waals surface area contributed by atoms with E-state index in [-0.39, 0.29) is 12.6 Å². The van der Waals surface area contributed by atoms with E-state index < -0.39 is 17.9 Å². The van der Waals surface area contributed by atoms with Crippen molar-refractivity contribution in [2.75, 3.05) is 27.4 Å². The number of aliphatic carboxylic acids is 1. The maximum Gasteiger partial charge on any atom is 0.328 e. The van der Waals surface area contributed by atoms with E-state index in [0.717, 1.165) is 6.08 Å². The molecule has 0 rings (SSSR count). The molecular weight excluding hydrogens is 244 g/mol. The quantitative estimate of drug-likeness (QED) is 0.512. The van der Waals surface area contributed by atoms with Crippen molar-refractivity contribution in [1.29, 1.82) is 0 Å². The van der Waals surface area contributed by atoms with Crippen LogP contribution in [0.2, 0.25) is 0 Å². The van der Waals surface area contributed by atoms with Crippen LogP contribution in [0.1, 0.15) is 0 Å². The van der Waals surface area contributed by atoms with Crippen molar-refractivity contribution in [1.82, 2.24) is 10.6 Å². The number of hydrogen-bond acceptors (Lipinski definition) is 5. The molecule has 0 heterocycles. The van der Waals surface area contributed by atoms with Gasteiger partial charge in [-0.05, 0) is 0 Å². The van der Waals surface area contributed by atoms with Gasteiger partial charge < -0.3 is 19.9 Å². The molecule has 0 aromatic carbocycles. The van der Waals surface area contributed by atoms with Gasteiger partial charge in [0.15, 0.2) is 0 Å². The Morgan fingerprint density at radius 3 is 2.44 bits per heavy atom. The second-order valence-corrected chi connectivity index (χ2v) is 3.18. The van der Waals surface area contributed by atoms with E-state index in [2.05, 4.69) is 5.32 Å². The van der Waals surface area contributed by atoms with Crippen LogP contribution in [-0.2, 0) is 19.1 Å². The van der Waals surface area contributed by atoms with Crippen LogP contribution >= 0.6 is 0 Å². The Morgan fingerprint density at radius 1 is 1.28 bits per heavy atom. The average molecular weight is 260 g/mol. The van der Waals surface area contributed by atoms with E-state index in [9.17, 15) is 14.4 Å². The van der Waals surface area contributed by atoms with Crippen molar-refractivity contribution in [3.63, 3.8) is 0 Å². The highest BCUT2D eigenvalue weighted by Gasteiger charge is 2.10. The first kappa shape index (κ1) is 16.1. The second kappa shape index (κ2) is 9.14. The first-order valence-electron chi connectivity index (χ1n) is 5.01. The summed E-state index contributed by atoms with van der Waals surface area (Å²) in [5, 5.41) is 12.6. The SMILES string of the molecule is COCC(CNC(=O)NC(=O)/C=C/C(=O)O)OC. The predicted molar refractivity (Wildman–Crippen MR) is 61.0 cm³/mol. The van der Waals surface area contributed by atoms with E-state index in [1.165, 1.54) is 14.2 Å². The first-order valence-corrected chi connectivity index (χ1v) is 5.01. The molecular formula is C10H16N2O6. The first-order chi connectivity index (χ1) is 8.49. The van der Waals surface area contributed by atoms with Crippen molar-refractivity contribution in [2.45, 2.75) is 6.10 Å². The molecule has 0 radical (unpaired) electrons. The number of carboxylic acid groups (broad SMARTS) is 1. The number of amides is 3. The minimum atomic E-state index is -1.27. The molecule has 0 saturated heterocycles. The van der Waals surface area contributed by atoms with Gasteiger partial charge in [-0.3, -0.25) is 10.1 Å². The van der Waals surface area contributed by atoms with Gasteiger partial charge in [-0.25, -0.2) is 9.59 Å². The molecule has 0 saturated carbocycles. The van der Waals surface area contributed by atoms with Crippen LogP contribution in [0.15, 0.2) is 12.2 Å². The van der Waals surface area contributed by atoms with Crippen LogP contribution in [0.3, 0.4) is 0 Å². The average Bonchev–Trinajstić information content (AvgIpc) is 2.31. The minimum Gasteiger partial charge on any atom is -0.478 e. The Hall–Kier alpha value is -1.93. The number of nitrogens with one attached hydrogen (secondary N) is 2. The normalized spacial score (nSPS) is 12.1. The molecule has 0 aromatic rings. The molecule has 0 aliphatic rings. The molecule has 8 nitrogen and oxygen atoms in total. The lowest BCUT2D eigenvalue weighted by Gasteiger charge is -2.14. The Labute approximate surface area is 104 Å². The fourth-order valence-electron chi connectivity index (χ4n) is 0.947. The van der Waals surface area contributed by atoms with Crippen LogP contribution in [0.4, 0.5) is 4.79 Å². The number of carbonyl (C=O) groups is 3. The summed E-state index contributed by atoms with van der Waals surface area (Å²) in [6, 6.07) is -0.742. The maximum absolute atomic E-state index is 11.2. The van der Waals surface area contributed by atoms with Gasteiger partial charge in [-0.2, -0.15) is 0 Å². The summed E-state index contributed by atoms with van der Waals surface area (Å²) in [6.45, 7) is 0.454. The van der Waals surface area contributed by atoms with Gasteiger partial charge in [0, 0.05) is 32.9 Å². The zero-order valence-corrected chi connectivity index (χ0v) is 10.1. The fourth-order valence-corrected chi connectivity index (χ4v) is 0.947. The highest BCUT2D eigenvalue weighted by molar-refractivity contribution is 6.02. The number of urea groups is 1. The Bertz CT molecular complexity index is 328. The van der Waals surface area contributed by atoms with E-state index in [1.54, 1.807) is 0 Å². The molecule has 1 atom stereocenters. The number of rotatable bonds is 7. The molecule has 0 aromatic heterocycles. The number of ether oxygens (including phenoxy) is 2. The largest absolute Gasteiger partial charge is 0.478 e. The molecule has 3 N–H and O–H groups in total. The summed E-state index contributed by atoms with van der Waals surface area (Å²) in [4.78, 5) is 32.3. The number of methoxy groups -OCH3 is 2. The molecule has 18 heavy (non-hydrogen) atoms. The maximum atomic E-state index is 11.2. The molecule has 0 spiro atoms. The van der Waals surface area contributed by atoms with Crippen molar-refractivity contribution >= 4 is 17.9 Å². The highest BCUT2D eigenvalue weighted by Crippen LogP contribution is 1.88. The number of carboxylic acids is 1. The smallest absolute Gasteiger partial charge is 0.328 e. The number of imide groups is 1. The van der Waals surface area contributed by atoms with Crippen LogP contribution in [0.25, 0.3) is 0 Å². The second-order valence-electron chi connectivity index (χ2n) is 3.18. The summed E-state index contributed by atoms with van der Waals surface area (Å²) in [6.07, 6.45) is 1.04. The van der Waals surface area contributed by atoms with E-state index in [0.29, 0.717) is 12.7 Å². The minimum absolute atomic E-state index is 0.159. The van der Waals surface area contributed by atoms with Gasteiger partial charge in [-0.1, -0.05) is 0 Å². The summed E-state index contributed by atoms with van der Waals surface area (Å²) in [5.41, 5.74) is 0. The Kier molecular flexibility index (Phi) is 8.16. The highest BCUT2D eigenvalue weighted by atomic mass is 16.5. The fraction of sp³-hybridized carbons (Fsp3) is 0.500. The van der Waals surface area contributed by atoms with Crippen molar-refractivity contribution in [3.05, 3.63) is 12.2 Å². The van der Waals surface area contributed by atoms with Gasteiger partial charge in [0.2, 0.25) is 0 Å². The molecule has 102 valence electrons. The van der Waals surface area contributed by atoms with Gasteiger partial charge in [-0.15, -0.1) is 0 Å². The van der Waals surface area contributed by atoms with Crippen LogP contribution < -0.4 is 10.6 Å². The monoisotopic (exact) mass is 260 g/mol. The van der Waals surface area contributed by atoms with E-state index in [4.69, 9.17) is 14.6 Å². The predicted octanol–water partition coefficient (Wildman–Crippen LogP) is -0.886. The van der Waals surface area contributed by atoms with Crippen molar-refractivity contribution < 1.29 is 29.0 Å². The molecule has 0 aliphatic heterocycles. The standard InChI is InChI=1S/C10H16N2O6/c1-17-6-7(18-2)5-11-10(16)12-8(13)3-4-9(14)15/h3-4,7H,5-6H2,1-2H3,(H,14,15)(H2,11,12,13,16)/b4-3+. The zero-order valence-electron chi connectivity index (χ0n) is 10.1. The lowest BCUT2D eigenvalue weighted by molar-refractivity contribution is -0.131. The molecule has 0 fully saturated rings. The molecule has 0 aliphatic carbocycles. The van der Waals surface area contributed by atoms with E-state index >= 15 is 0 Å². The molecule has 3 amide bonds. The Morgan fingerprint density at radius 2 is 1.94 bits per heavy atom. The lowest BCUT2D eigenvalue weighted by Crippen LogP contribution is -2.43. The Balaban J connectivity index is 3.96. The summed E-state index contributed by atoms with van der Waals surface area (Å²) >= 11 is 0. The third-order valence-corrected chi connectivity index (χ3v) is 1.79. The number of carbonyl (C=O) groups excluding carboxylic acids is 2. The van der Waals surface area contributed by atoms with Crippen LogP contribution in [0, 0.1) is 0 Å². The zero-order chi connectivity index (χ0) is 14.0. The number of hydrogen-bond donors (Lipinski definition) is 3. The van der Waals surface area contributed by atoms with Gasteiger partial charge in [0.05, 0.1) is 12.7 Å². The summed E-state index contributed by atoms with van der Waals surface area (Å²) < 4.78 is 9.81. The van der Waals surface area contributed by atoms with E-state index in [1.807, 2.05) is 5.32 Å². The van der Waals surface area contributed by atoms with Crippen LogP contribution in [0.5, 0.6) is 0 Å². The third-order valence-electron chi connectivity index (χ3n) is 1.79. The van der Waals surface area contributed by atoms with Crippen molar-refractivity contribution in [3.8, 4) is 0 Å². The summed E-state index contributed by atoms with van der Waals surface area (Å²) in [7, 11) is 2.95. The van der Waals surface area contributed by atoms with Crippen LogP contribution in [-0.4, -0.2) is 56.5 Å². The van der Waals surface area contributed by atoms with Gasteiger partial charge >= 0.3 is 12.0 Å². The topological polar surface area (TPSA) is 114 Å². The summed E-state index contributed by atoms with van der Waals surface area (Å²) in [5.74, 6) is -2.10. The molecule has 1 unspecified atom stereocenters.